The van der Waals surface area contributed by atoms with E-state index in [0.29, 0.717) is 12.2 Å². The van der Waals surface area contributed by atoms with E-state index in [4.69, 9.17) is 4.74 Å². The number of urea groups is 1. The quantitative estimate of drug-likeness (QED) is 0.827. The fourth-order valence-electron chi connectivity index (χ4n) is 3.26. The van der Waals surface area contributed by atoms with Gasteiger partial charge in [0.05, 0.1) is 13.2 Å². The Hall–Kier alpha value is -2.60. The van der Waals surface area contributed by atoms with Crippen molar-refractivity contribution in [1.82, 2.24) is 10.2 Å². The summed E-state index contributed by atoms with van der Waals surface area (Å²) in [6.07, 6.45) is 2.34. The van der Waals surface area contributed by atoms with E-state index in [1.165, 1.54) is 37.1 Å². The minimum absolute atomic E-state index is 0.0894. The lowest BCUT2D eigenvalue weighted by Crippen LogP contribution is -2.38. The first kappa shape index (κ1) is 18.2. The molecule has 0 aliphatic carbocycles. The molecular weight excluding hydrogens is 333 g/mol. The highest BCUT2D eigenvalue weighted by molar-refractivity contribution is 5.89. The molecule has 1 unspecified atom stereocenters. The summed E-state index contributed by atoms with van der Waals surface area (Å²) >= 11 is 0. The van der Waals surface area contributed by atoms with Crippen LogP contribution >= 0.6 is 0 Å². The monoisotopic (exact) mass is 357 g/mol. The molecular formula is C20H24FN3O2. The zero-order valence-corrected chi connectivity index (χ0v) is 14.9. The fourth-order valence-corrected chi connectivity index (χ4v) is 3.26. The van der Waals surface area contributed by atoms with Gasteiger partial charge in [-0.2, -0.15) is 0 Å². The highest BCUT2D eigenvalue weighted by atomic mass is 19.1. The Kier molecular flexibility index (Phi) is 6.07. The number of likely N-dealkylation sites (tertiary alicyclic amines) is 1. The molecule has 0 aromatic heterocycles. The summed E-state index contributed by atoms with van der Waals surface area (Å²) in [5, 5.41) is 5.66. The Balaban J connectivity index is 1.65. The van der Waals surface area contributed by atoms with E-state index in [9.17, 15) is 9.18 Å². The number of nitrogens with zero attached hydrogens (tertiary/aromatic N) is 1. The van der Waals surface area contributed by atoms with Gasteiger partial charge in [-0.1, -0.05) is 12.1 Å². The summed E-state index contributed by atoms with van der Waals surface area (Å²) in [4.78, 5) is 14.6. The van der Waals surface area contributed by atoms with Crippen LogP contribution in [0.2, 0.25) is 0 Å². The first-order chi connectivity index (χ1) is 12.7. The maximum atomic E-state index is 13.0. The molecule has 2 aromatic carbocycles. The summed E-state index contributed by atoms with van der Waals surface area (Å²) in [7, 11) is 1.65. The van der Waals surface area contributed by atoms with Gasteiger partial charge in [-0.05, 0) is 67.9 Å². The van der Waals surface area contributed by atoms with E-state index in [-0.39, 0.29) is 17.9 Å². The minimum atomic E-state index is -0.330. The molecule has 0 bridgehead atoms. The standard InChI is InChI=1S/C20H24FN3O2/c1-26-18-6-4-5-15(13-18)19(24-11-2-3-12-24)14-22-20(25)23-17-9-7-16(21)8-10-17/h4-10,13,19H,2-3,11-12,14H2,1H3,(H2,22,23,25). The summed E-state index contributed by atoms with van der Waals surface area (Å²) < 4.78 is 18.3. The number of nitrogens with one attached hydrogen (secondary N) is 2. The molecule has 3 rings (SSSR count). The fraction of sp³-hybridized carbons (Fsp3) is 0.350. The maximum Gasteiger partial charge on any atom is 0.319 e. The van der Waals surface area contributed by atoms with Crippen LogP contribution in [-0.4, -0.2) is 37.7 Å². The molecule has 1 atom stereocenters. The van der Waals surface area contributed by atoms with E-state index in [0.717, 1.165) is 24.4 Å². The van der Waals surface area contributed by atoms with Crippen LogP contribution in [0.3, 0.4) is 0 Å². The number of anilines is 1. The zero-order valence-electron chi connectivity index (χ0n) is 14.9. The van der Waals surface area contributed by atoms with Gasteiger partial charge in [-0.15, -0.1) is 0 Å². The average molecular weight is 357 g/mol. The smallest absolute Gasteiger partial charge is 0.319 e. The minimum Gasteiger partial charge on any atom is -0.497 e. The molecule has 5 nitrogen and oxygen atoms in total. The third-order valence-corrected chi connectivity index (χ3v) is 4.62. The van der Waals surface area contributed by atoms with Crippen molar-refractivity contribution in [1.29, 1.82) is 0 Å². The van der Waals surface area contributed by atoms with Gasteiger partial charge in [0.1, 0.15) is 11.6 Å². The number of carbonyl (C=O) groups excluding carboxylic acids is 1. The Morgan fingerprint density at radius 1 is 1.19 bits per heavy atom. The summed E-state index contributed by atoms with van der Waals surface area (Å²) in [6.45, 7) is 2.52. The molecule has 1 fully saturated rings. The van der Waals surface area contributed by atoms with E-state index in [1.54, 1.807) is 7.11 Å². The summed E-state index contributed by atoms with van der Waals surface area (Å²) in [5.41, 5.74) is 1.68. The van der Waals surface area contributed by atoms with E-state index >= 15 is 0 Å². The van der Waals surface area contributed by atoms with Crippen LogP contribution < -0.4 is 15.4 Å². The molecule has 1 heterocycles. The van der Waals surface area contributed by atoms with Gasteiger partial charge in [0.25, 0.3) is 0 Å². The number of carbonyl (C=O) groups is 1. The van der Waals surface area contributed by atoms with Crippen molar-refractivity contribution in [3.05, 3.63) is 59.9 Å². The molecule has 138 valence electrons. The molecule has 0 radical (unpaired) electrons. The van der Waals surface area contributed by atoms with Crippen molar-refractivity contribution >= 4 is 11.7 Å². The highest BCUT2D eigenvalue weighted by Gasteiger charge is 2.24. The normalized spacial score (nSPS) is 15.5. The Morgan fingerprint density at radius 3 is 2.62 bits per heavy atom. The van der Waals surface area contributed by atoms with Crippen molar-refractivity contribution < 1.29 is 13.9 Å². The lowest BCUT2D eigenvalue weighted by Gasteiger charge is -2.28. The number of hydrogen-bond donors (Lipinski definition) is 2. The van der Waals surface area contributed by atoms with Gasteiger partial charge >= 0.3 is 6.03 Å². The van der Waals surface area contributed by atoms with E-state index in [1.807, 2.05) is 18.2 Å². The lowest BCUT2D eigenvalue weighted by atomic mass is 10.1. The number of ether oxygens (including phenoxy) is 1. The van der Waals surface area contributed by atoms with Crippen LogP contribution in [0.25, 0.3) is 0 Å². The second kappa shape index (κ2) is 8.67. The van der Waals surface area contributed by atoms with Crippen molar-refractivity contribution in [3.63, 3.8) is 0 Å². The van der Waals surface area contributed by atoms with Gasteiger partial charge in [0, 0.05) is 12.2 Å². The van der Waals surface area contributed by atoms with Crippen molar-refractivity contribution in [2.45, 2.75) is 18.9 Å². The molecule has 0 spiro atoms. The van der Waals surface area contributed by atoms with Crippen LogP contribution in [0.15, 0.2) is 48.5 Å². The number of amides is 2. The number of benzene rings is 2. The molecule has 2 N–H and O–H groups in total. The van der Waals surface area contributed by atoms with Crippen LogP contribution in [0.5, 0.6) is 5.75 Å². The molecule has 6 heteroatoms. The zero-order chi connectivity index (χ0) is 18.4. The van der Waals surface area contributed by atoms with Crippen LogP contribution in [0, 0.1) is 5.82 Å². The molecule has 1 saturated heterocycles. The lowest BCUT2D eigenvalue weighted by molar-refractivity contribution is 0.227. The van der Waals surface area contributed by atoms with Gasteiger partial charge in [-0.3, -0.25) is 4.90 Å². The predicted octanol–water partition coefficient (Wildman–Crippen LogP) is 3.79. The number of halogens is 1. The Bertz CT molecular complexity index is 730. The van der Waals surface area contributed by atoms with Crippen molar-refractivity contribution in [3.8, 4) is 5.75 Å². The largest absolute Gasteiger partial charge is 0.497 e. The molecule has 1 aliphatic rings. The third kappa shape index (κ3) is 4.73. The van der Waals surface area contributed by atoms with Gasteiger partial charge in [0.2, 0.25) is 0 Å². The maximum absolute atomic E-state index is 13.0. The SMILES string of the molecule is COc1cccc(C(CNC(=O)Nc2ccc(F)cc2)N2CCCC2)c1. The number of methoxy groups -OCH3 is 1. The van der Waals surface area contributed by atoms with Crippen molar-refractivity contribution in [2.75, 3.05) is 32.1 Å². The first-order valence-corrected chi connectivity index (χ1v) is 8.84. The second-order valence-electron chi connectivity index (χ2n) is 6.38. The topological polar surface area (TPSA) is 53.6 Å². The first-order valence-electron chi connectivity index (χ1n) is 8.84. The Morgan fingerprint density at radius 2 is 1.92 bits per heavy atom. The summed E-state index contributed by atoms with van der Waals surface area (Å²) in [6, 6.07) is 13.5. The van der Waals surface area contributed by atoms with E-state index < -0.39 is 0 Å². The molecule has 2 amide bonds. The third-order valence-electron chi connectivity index (χ3n) is 4.62. The Labute approximate surface area is 153 Å². The van der Waals surface area contributed by atoms with Crippen LogP contribution in [-0.2, 0) is 0 Å². The molecule has 1 aliphatic heterocycles. The van der Waals surface area contributed by atoms with Crippen molar-refractivity contribution in [2.24, 2.45) is 0 Å². The highest BCUT2D eigenvalue weighted by Crippen LogP contribution is 2.27. The average Bonchev–Trinajstić information content (AvgIpc) is 3.18. The molecule has 26 heavy (non-hydrogen) atoms. The van der Waals surface area contributed by atoms with E-state index in [2.05, 4.69) is 21.6 Å². The van der Waals surface area contributed by atoms with Crippen LogP contribution in [0.1, 0.15) is 24.4 Å². The van der Waals surface area contributed by atoms with Gasteiger partial charge < -0.3 is 15.4 Å². The predicted molar refractivity (Wildman–Crippen MR) is 100.0 cm³/mol. The molecule has 2 aromatic rings. The van der Waals surface area contributed by atoms with Gasteiger partial charge in [0.15, 0.2) is 0 Å². The second-order valence-corrected chi connectivity index (χ2v) is 6.38. The number of rotatable bonds is 6. The molecule has 0 saturated carbocycles. The summed E-state index contributed by atoms with van der Waals surface area (Å²) in [5.74, 6) is 0.477. The number of hydrogen-bond acceptors (Lipinski definition) is 3. The van der Waals surface area contributed by atoms with Gasteiger partial charge in [-0.25, -0.2) is 9.18 Å². The van der Waals surface area contributed by atoms with Crippen LogP contribution in [0.4, 0.5) is 14.9 Å².